The number of azide groups is 1. The van der Waals surface area contributed by atoms with Gasteiger partial charge in [0.15, 0.2) is 17.9 Å². The van der Waals surface area contributed by atoms with E-state index in [1.165, 1.54) is 11.0 Å². The lowest BCUT2D eigenvalue weighted by Gasteiger charge is -2.36. The van der Waals surface area contributed by atoms with E-state index >= 15 is 0 Å². The fraction of sp³-hybridized carbons (Fsp3) is 0.333. The molecule has 2 heterocycles. The molecule has 12 heteroatoms. The summed E-state index contributed by atoms with van der Waals surface area (Å²) in [5, 5.41) is 14.1. The summed E-state index contributed by atoms with van der Waals surface area (Å²) < 4.78 is 5.32. The van der Waals surface area contributed by atoms with Crippen LogP contribution in [0.4, 0.5) is 4.79 Å². The first kappa shape index (κ1) is 27.7. The minimum absolute atomic E-state index is 0.00301. The van der Waals surface area contributed by atoms with Gasteiger partial charge in [0, 0.05) is 40.9 Å². The van der Waals surface area contributed by atoms with E-state index in [1.54, 1.807) is 48.5 Å². The van der Waals surface area contributed by atoms with Crippen LogP contribution in [0.25, 0.3) is 10.4 Å². The molecule has 2 aromatic carbocycles. The van der Waals surface area contributed by atoms with E-state index in [4.69, 9.17) is 16.3 Å². The molecule has 39 heavy (non-hydrogen) atoms. The van der Waals surface area contributed by atoms with Crippen molar-refractivity contribution in [2.75, 3.05) is 19.7 Å². The molecular formula is C27H26ClN5O6. The van der Waals surface area contributed by atoms with Gasteiger partial charge in [-0.3, -0.25) is 19.3 Å². The topological polar surface area (TPSA) is 153 Å². The van der Waals surface area contributed by atoms with Gasteiger partial charge in [0.1, 0.15) is 6.04 Å². The average Bonchev–Trinajstić information content (AvgIpc) is 3.30. The molecule has 0 saturated carbocycles. The lowest BCUT2D eigenvalue weighted by atomic mass is 9.85. The Bertz CT molecular complexity index is 1360. The van der Waals surface area contributed by atoms with Gasteiger partial charge in [-0.25, -0.2) is 4.79 Å². The van der Waals surface area contributed by atoms with Gasteiger partial charge in [-0.05, 0) is 35.2 Å². The van der Waals surface area contributed by atoms with Crippen molar-refractivity contribution in [2.45, 2.75) is 31.0 Å². The predicted octanol–water partition coefficient (Wildman–Crippen LogP) is 4.25. The highest BCUT2D eigenvalue weighted by Gasteiger charge is 2.55. The predicted molar refractivity (Wildman–Crippen MR) is 141 cm³/mol. The zero-order valence-electron chi connectivity index (χ0n) is 20.9. The summed E-state index contributed by atoms with van der Waals surface area (Å²) in [5.41, 5.74) is 9.39. The Hall–Kier alpha value is -4.34. The number of fused-ring (bicyclic) bond motifs is 1. The molecule has 0 aliphatic carbocycles. The Morgan fingerprint density at radius 3 is 2.62 bits per heavy atom. The van der Waals surface area contributed by atoms with Crippen LogP contribution in [0.5, 0.6) is 0 Å². The number of hydrogen-bond donors (Lipinski definition) is 1. The number of hydrogen-bond acceptors (Lipinski definition) is 6. The highest BCUT2D eigenvalue weighted by Crippen LogP contribution is 2.37. The van der Waals surface area contributed by atoms with Gasteiger partial charge < -0.3 is 14.7 Å². The molecule has 1 fully saturated rings. The molecule has 202 valence electrons. The van der Waals surface area contributed by atoms with E-state index in [1.807, 2.05) is 0 Å². The Kier molecular flexibility index (Phi) is 8.23. The molecule has 2 aromatic rings. The smallest absolute Gasteiger partial charge is 0.408 e. The molecule has 1 saturated heterocycles. The molecule has 1 unspecified atom stereocenters. The number of amides is 2. The summed E-state index contributed by atoms with van der Waals surface area (Å²) in [5.74, 6) is -2.60. The van der Waals surface area contributed by atoms with Crippen molar-refractivity contribution in [2.24, 2.45) is 11.0 Å². The largest absolute Gasteiger partial charge is 0.465 e. The van der Waals surface area contributed by atoms with Crippen LogP contribution in [0.3, 0.4) is 0 Å². The molecule has 0 spiro atoms. The number of benzene rings is 2. The van der Waals surface area contributed by atoms with E-state index in [0.29, 0.717) is 16.1 Å². The third kappa shape index (κ3) is 5.59. The fourth-order valence-electron chi connectivity index (χ4n) is 5.15. The summed E-state index contributed by atoms with van der Waals surface area (Å²) in [6, 6.07) is 12.3. The van der Waals surface area contributed by atoms with E-state index < -0.39 is 47.9 Å². The highest BCUT2D eigenvalue weighted by atomic mass is 35.5. The molecule has 3 atom stereocenters. The van der Waals surface area contributed by atoms with Crippen molar-refractivity contribution in [3.8, 4) is 0 Å². The van der Waals surface area contributed by atoms with Gasteiger partial charge in [-0.2, -0.15) is 0 Å². The standard InChI is InChI=1S/C27H26ClN5O6/c1-2-6-20-14-32(24(35)22-12-18-9-10-21(28)11-19(18)13-33(22)26(37)38)16-27(20,30-31-29)25(36)39-15-23(34)17-7-4-3-5-8-17/h2-5,7-11,20,22H,1,6,12-16H2,(H,37,38)/t20-,22?,27-/m0/s1. The van der Waals surface area contributed by atoms with E-state index in [0.717, 1.165) is 10.5 Å². The number of carbonyl (C=O) groups is 4. The number of nitrogens with zero attached hydrogens (tertiary/aromatic N) is 5. The number of ether oxygens (including phenoxy) is 1. The summed E-state index contributed by atoms with van der Waals surface area (Å²) in [6.45, 7) is 2.78. The molecule has 2 aliphatic rings. The van der Waals surface area contributed by atoms with Gasteiger partial charge >= 0.3 is 12.1 Å². The minimum atomic E-state index is -1.82. The minimum Gasteiger partial charge on any atom is -0.465 e. The Labute approximate surface area is 229 Å². The number of esters is 1. The third-order valence-electron chi connectivity index (χ3n) is 7.15. The van der Waals surface area contributed by atoms with E-state index in [-0.39, 0.29) is 32.5 Å². The molecule has 11 nitrogen and oxygen atoms in total. The van der Waals surface area contributed by atoms with Crippen LogP contribution in [0, 0.1) is 5.92 Å². The molecular weight excluding hydrogens is 526 g/mol. The van der Waals surface area contributed by atoms with Gasteiger partial charge in [0.2, 0.25) is 5.91 Å². The number of allylic oxidation sites excluding steroid dienone is 1. The van der Waals surface area contributed by atoms with Gasteiger partial charge in [-0.1, -0.05) is 59.2 Å². The Morgan fingerprint density at radius 1 is 1.21 bits per heavy atom. The average molecular weight is 552 g/mol. The molecule has 0 aromatic heterocycles. The van der Waals surface area contributed by atoms with Crippen LogP contribution in [-0.4, -0.2) is 69.9 Å². The maximum Gasteiger partial charge on any atom is 0.408 e. The first-order valence-corrected chi connectivity index (χ1v) is 12.6. The highest BCUT2D eigenvalue weighted by molar-refractivity contribution is 6.30. The Balaban J connectivity index is 1.58. The number of likely N-dealkylation sites (tertiary alicyclic amines) is 1. The van der Waals surface area contributed by atoms with Crippen LogP contribution < -0.4 is 0 Å². The second-order valence-electron chi connectivity index (χ2n) is 9.46. The number of ketones is 1. The number of carbonyl (C=O) groups excluding carboxylic acids is 3. The van der Waals surface area contributed by atoms with Crippen molar-refractivity contribution in [3.63, 3.8) is 0 Å². The summed E-state index contributed by atoms with van der Waals surface area (Å²) >= 11 is 6.07. The molecule has 1 N–H and O–H groups in total. The van der Waals surface area contributed by atoms with Crippen molar-refractivity contribution in [3.05, 3.63) is 93.3 Å². The zero-order chi connectivity index (χ0) is 28.2. The quantitative estimate of drug-likeness (QED) is 0.129. The van der Waals surface area contributed by atoms with E-state index in [2.05, 4.69) is 16.6 Å². The normalized spacial score (nSPS) is 21.9. The lowest BCUT2D eigenvalue weighted by Crippen LogP contribution is -2.54. The first-order chi connectivity index (χ1) is 18.7. The van der Waals surface area contributed by atoms with Gasteiger partial charge in [-0.15, -0.1) is 6.58 Å². The van der Waals surface area contributed by atoms with Crippen LogP contribution in [-0.2, 0) is 27.3 Å². The monoisotopic (exact) mass is 551 g/mol. The maximum atomic E-state index is 13.7. The number of rotatable bonds is 8. The summed E-state index contributed by atoms with van der Waals surface area (Å²) in [6.07, 6.45) is 0.581. The van der Waals surface area contributed by atoms with Gasteiger partial charge in [0.05, 0.1) is 6.54 Å². The van der Waals surface area contributed by atoms with Crippen molar-refractivity contribution < 1.29 is 29.0 Å². The molecule has 4 rings (SSSR count). The number of carboxylic acid groups (broad SMARTS) is 1. The SMILES string of the molecule is C=CC[C@H]1CN(C(=O)C2Cc3ccc(Cl)cc3CN2C(=O)O)C[C@@]1(N=[N+]=[N-])C(=O)OCC(=O)c1ccccc1. The summed E-state index contributed by atoms with van der Waals surface area (Å²) in [4.78, 5) is 56.9. The summed E-state index contributed by atoms with van der Waals surface area (Å²) in [7, 11) is 0. The number of Topliss-reactive ketones (excluding diaryl/α,β-unsaturated/α-hetero) is 1. The molecule has 0 bridgehead atoms. The molecule has 2 amide bonds. The third-order valence-corrected chi connectivity index (χ3v) is 7.38. The lowest BCUT2D eigenvalue weighted by molar-refractivity contribution is -0.150. The van der Waals surface area contributed by atoms with Gasteiger partial charge in [0.25, 0.3) is 0 Å². The second kappa shape index (κ2) is 11.6. The molecule has 2 aliphatic heterocycles. The zero-order valence-corrected chi connectivity index (χ0v) is 21.7. The number of halogens is 1. The van der Waals surface area contributed by atoms with Crippen molar-refractivity contribution in [1.29, 1.82) is 0 Å². The second-order valence-corrected chi connectivity index (χ2v) is 9.90. The van der Waals surface area contributed by atoms with Crippen LogP contribution >= 0.6 is 11.6 Å². The van der Waals surface area contributed by atoms with Crippen molar-refractivity contribution >= 4 is 35.4 Å². The molecule has 0 radical (unpaired) electrons. The first-order valence-electron chi connectivity index (χ1n) is 12.2. The van der Waals surface area contributed by atoms with Crippen molar-refractivity contribution in [1.82, 2.24) is 9.80 Å². The van der Waals surface area contributed by atoms with Crippen LogP contribution in [0.2, 0.25) is 5.02 Å². The fourth-order valence-corrected chi connectivity index (χ4v) is 5.35. The van der Waals surface area contributed by atoms with Crippen LogP contribution in [0.15, 0.2) is 66.3 Å². The maximum absolute atomic E-state index is 13.7. The van der Waals surface area contributed by atoms with Crippen LogP contribution in [0.1, 0.15) is 27.9 Å². The van der Waals surface area contributed by atoms with E-state index in [9.17, 15) is 29.8 Å². The Morgan fingerprint density at radius 2 is 1.95 bits per heavy atom.